The van der Waals surface area contributed by atoms with Crippen LogP contribution in [0.1, 0.15) is 26.3 Å². The number of fused-ring (bicyclic) bond motifs is 10. The number of benzene rings is 9. The van der Waals surface area contributed by atoms with Gasteiger partial charge >= 0.3 is 294 Å². The zero-order chi connectivity index (χ0) is 47.5. The number of aromatic nitrogens is 5. The van der Waals surface area contributed by atoms with E-state index < -0.39 is 0 Å². The molecular formula is C64H45N5OPt. The molecule has 342 valence electrons. The van der Waals surface area contributed by atoms with Crippen LogP contribution >= 0.6 is 0 Å². The van der Waals surface area contributed by atoms with Gasteiger partial charge in [0.15, 0.2) is 0 Å². The van der Waals surface area contributed by atoms with Gasteiger partial charge in [-0.3, -0.25) is 0 Å². The molecule has 0 atom stereocenters. The van der Waals surface area contributed by atoms with Crippen LogP contribution < -0.4 is 4.74 Å². The van der Waals surface area contributed by atoms with E-state index in [-0.39, 0.29) is 5.41 Å². The van der Waals surface area contributed by atoms with E-state index in [1.807, 2.05) is 12.3 Å². The van der Waals surface area contributed by atoms with Crippen molar-refractivity contribution < 1.29 is 24.1 Å². The van der Waals surface area contributed by atoms with Crippen molar-refractivity contribution in [3.63, 3.8) is 0 Å². The number of hydrogen-bond donors (Lipinski definition) is 0. The third-order valence-electron chi connectivity index (χ3n) is 14.4. The Morgan fingerprint density at radius 3 is 1.73 bits per heavy atom. The molecule has 0 spiro atoms. The molecule has 14 aromatic rings. The Balaban J connectivity index is 0.935. The van der Waals surface area contributed by atoms with E-state index >= 15 is 0 Å². The third kappa shape index (κ3) is 6.44. The molecule has 0 radical (unpaired) electrons. The first-order valence-corrected chi connectivity index (χ1v) is 25.2. The second-order valence-electron chi connectivity index (χ2n) is 19.5. The molecule has 0 aliphatic rings. The standard InChI is InChI=1S/C64H45N5O.Pt/c1-64(2,3)43-33-34-65-61(35-43)68-58-37-46(31-32-50(58)53-38-54-52-27-16-26-51-49-23-10-11-28-55(49)69(63(51)52)60(54)39-59(53)68)70-45-22-14-21-44(36-45)66-40-67(57-30-13-12-29-56(57)66)62-47(41-17-6-4-7-18-41)24-15-25-48(62)42-19-8-5-9-20-42;/h4-39H,1-3H3;. The van der Waals surface area contributed by atoms with Crippen molar-refractivity contribution in [1.82, 2.24) is 23.1 Å². The van der Waals surface area contributed by atoms with Crippen LogP contribution in [0.4, 0.5) is 0 Å². The summed E-state index contributed by atoms with van der Waals surface area (Å²) in [6.45, 7) is 6.77. The Bertz CT molecular complexity index is 4440. The van der Waals surface area contributed by atoms with Gasteiger partial charge in [0.25, 0.3) is 0 Å². The average molecular weight is 1100 g/mol. The Morgan fingerprint density at radius 1 is 0.423 bits per heavy atom. The van der Waals surface area contributed by atoms with E-state index in [1.165, 1.54) is 49.0 Å². The van der Waals surface area contributed by atoms with Gasteiger partial charge in [0, 0.05) is 27.7 Å². The minimum absolute atomic E-state index is 0.0636. The van der Waals surface area contributed by atoms with Crippen LogP contribution in [0.15, 0.2) is 219 Å². The van der Waals surface area contributed by atoms with Crippen molar-refractivity contribution in [2.45, 2.75) is 26.2 Å². The molecule has 0 bridgehead atoms. The van der Waals surface area contributed by atoms with Gasteiger partial charge in [-0.1, -0.05) is 57.2 Å². The summed E-state index contributed by atoms with van der Waals surface area (Å²) in [5, 5.41) is 7.37. The predicted octanol–water partition coefficient (Wildman–Crippen LogP) is 16.6. The fraction of sp³-hybridized carbons (Fsp3) is 0.0625. The summed E-state index contributed by atoms with van der Waals surface area (Å²) in [6, 6.07) is 76.3. The van der Waals surface area contributed by atoms with Crippen LogP contribution in [0.2, 0.25) is 0 Å². The van der Waals surface area contributed by atoms with Gasteiger partial charge in [-0.25, -0.2) is 0 Å². The number of rotatable bonds is 7. The maximum absolute atomic E-state index is 6.95. The molecule has 0 unspecified atom stereocenters. The Hall–Kier alpha value is -8.31. The summed E-state index contributed by atoms with van der Waals surface area (Å²) in [5.74, 6) is 2.36. The van der Waals surface area contributed by atoms with Crippen molar-refractivity contribution >= 4 is 70.9 Å². The van der Waals surface area contributed by atoms with Crippen molar-refractivity contribution in [3.8, 4) is 50.9 Å². The van der Waals surface area contributed by atoms with Crippen molar-refractivity contribution in [1.29, 1.82) is 0 Å². The zero-order valence-electron chi connectivity index (χ0n) is 39.2. The first kappa shape index (κ1) is 41.6. The normalized spacial score (nSPS) is 12.2. The van der Waals surface area contributed by atoms with Crippen LogP contribution in [0.25, 0.3) is 110 Å². The van der Waals surface area contributed by atoms with Crippen LogP contribution in [0.3, 0.4) is 0 Å². The molecule has 0 aliphatic carbocycles. The van der Waals surface area contributed by atoms with Crippen LogP contribution in [0.5, 0.6) is 11.5 Å². The van der Waals surface area contributed by atoms with Crippen LogP contribution in [-0.2, 0) is 24.8 Å². The molecule has 71 heavy (non-hydrogen) atoms. The van der Waals surface area contributed by atoms with Crippen molar-refractivity contribution in [2.75, 3.05) is 0 Å². The summed E-state index contributed by atoms with van der Waals surface area (Å²) in [6.07, 6.45) is 1.95. The summed E-state index contributed by atoms with van der Waals surface area (Å²) in [4.78, 5) is 5.08. The first-order valence-electron chi connectivity index (χ1n) is 24.1. The molecular weight excluding hydrogens is 1050 g/mol. The molecule has 9 aromatic carbocycles. The molecule has 6 nitrogen and oxygen atoms in total. The van der Waals surface area contributed by atoms with E-state index in [0.29, 0.717) is 0 Å². The smallest absolute Gasteiger partial charge is 0.0620 e. The van der Waals surface area contributed by atoms with E-state index in [9.17, 15) is 0 Å². The number of imidazole rings is 1. The Kier molecular flexibility index (Phi) is 9.30. The number of pyridine rings is 1. The van der Waals surface area contributed by atoms with E-state index in [2.05, 4.69) is 264 Å². The van der Waals surface area contributed by atoms with E-state index in [0.717, 1.165) is 82.2 Å². The molecule has 5 aromatic heterocycles. The van der Waals surface area contributed by atoms with Crippen LogP contribution in [0, 0.1) is 3.80 Å². The Morgan fingerprint density at radius 2 is 1.00 bits per heavy atom. The topological polar surface area (TPSA) is 41.3 Å². The first-order chi connectivity index (χ1) is 34.8. The Labute approximate surface area is 420 Å². The number of nitrogens with zero attached hydrogens (tertiary/aromatic N) is 5. The van der Waals surface area contributed by atoms with E-state index in [1.54, 1.807) is 0 Å². The van der Waals surface area contributed by atoms with Gasteiger partial charge in [-0.15, -0.1) is 0 Å². The summed E-state index contributed by atoms with van der Waals surface area (Å²) < 4.78 is 17.5. The summed E-state index contributed by atoms with van der Waals surface area (Å²) in [7, 11) is 0. The van der Waals surface area contributed by atoms with Crippen molar-refractivity contribution in [3.05, 3.63) is 228 Å². The molecule has 7 heteroatoms. The SMILES string of the molecule is CC(C)(C)c1ccnc(-n2c3cc(Oc4cccc(-n5[c](=[Pt])n(-c6c(-c7ccccc7)cccc6-c6ccccc6)c6ccccc65)c4)ccc3c3cc4c5cccc6c7ccccc7n(c4cc32)c65)c1. The molecule has 0 aliphatic heterocycles. The molecule has 14 rings (SSSR count). The molecule has 0 saturated heterocycles. The maximum atomic E-state index is 6.95. The third-order valence-corrected chi connectivity index (χ3v) is 15.4. The minimum atomic E-state index is -0.0636. The zero-order valence-corrected chi connectivity index (χ0v) is 41.5. The average Bonchev–Trinajstić information content (AvgIpc) is 4.11. The fourth-order valence-electron chi connectivity index (χ4n) is 11.1. The number of hydrogen-bond acceptors (Lipinski definition) is 2. The molecule has 0 saturated carbocycles. The molecule has 0 fully saturated rings. The number of ether oxygens (including phenoxy) is 1. The van der Waals surface area contributed by atoms with Gasteiger partial charge in [0.2, 0.25) is 0 Å². The van der Waals surface area contributed by atoms with Gasteiger partial charge < -0.3 is 4.40 Å². The van der Waals surface area contributed by atoms with Gasteiger partial charge in [0.1, 0.15) is 0 Å². The molecule has 0 N–H and O–H groups in total. The second-order valence-corrected chi connectivity index (χ2v) is 20.6. The predicted molar refractivity (Wildman–Crippen MR) is 289 cm³/mol. The fourth-order valence-corrected chi connectivity index (χ4v) is 12.2. The van der Waals surface area contributed by atoms with Gasteiger partial charge in [0.05, 0.1) is 16.6 Å². The summed E-state index contributed by atoms with van der Waals surface area (Å²) in [5.41, 5.74) is 15.9. The van der Waals surface area contributed by atoms with Gasteiger partial charge in [-0.05, 0) is 23.1 Å². The van der Waals surface area contributed by atoms with Gasteiger partial charge in [-0.2, -0.15) is 0 Å². The molecule has 5 heterocycles. The van der Waals surface area contributed by atoms with E-state index in [4.69, 9.17) is 9.72 Å². The monoisotopic (exact) mass is 1090 g/mol. The second kappa shape index (κ2) is 15.9. The van der Waals surface area contributed by atoms with Crippen LogP contribution in [-0.4, -0.2) is 23.1 Å². The minimum Gasteiger partial charge on any atom is 0.0620 e. The quantitative estimate of drug-likeness (QED) is 0.160. The summed E-state index contributed by atoms with van der Waals surface area (Å²) >= 11 is 2.51. The molecule has 0 amide bonds. The van der Waals surface area contributed by atoms with Crippen molar-refractivity contribution in [2.24, 2.45) is 0 Å². The number of para-hydroxylation sites is 5.